The number of likely N-dealkylation sites (tertiary alicyclic amines) is 1. The second-order valence-corrected chi connectivity index (χ2v) is 5.93. The summed E-state index contributed by atoms with van der Waals surface area (Å²) in [7, 11) is 0. The maximum Gasteiger partial charge on any atom is 0.410 e. The average molecular weight is 269 g/mol. The largest absolute Gasteiger partial charge is 0.449 e. The first kappa shape index (κ1) is 16.3. The second-order valence-electron chi connectivity index (χ2n) is 5.93. The molecule has 112 valence electrons. The fourth-order valence-corrected chi connectivity index (χ4v) is 2.80. The number of amides is 1. The van der Waals surface area contributed by atoms with Crippen LogP contribution in [0.3, 0.4) is 0 Å². The first-order chi connectivity index (χ1) is 9.19. The lowest BCUT2D eigenvalue weighted by molar-refractivity contribution is 0.0839. The number of rotatable bonds is 8. The molecule has 1 saturated heterocycles. The molecule has 0 spiro atoms. The quantitative estimate of drug-likeness (QED) is 0.602. The van der Waals surface area contributed by atoms with Crippen molar-refractivity contribution in [3.63, 3.8) is 0 Å². The fourth-order valence-electron chi connectivity index (χ4n) is 2.80. The van der Waals surface area contributed by atoms with Crippen molar-refractivity contribution >= 4 is 6.09 Å². The van der Waals surface area contributed by atoms with Crippen LogP contribution in [-0.2, 0) is 4.74 Å². The van der Waals surface area contributed by atoms with Crippen molar-refractivity contribution in [3.05, 3.63) is 0 Å². The third kappa shape index (κ3) is 5.84. The Morgan fingerprint density at radius 3 is 2.79 bits per heavy atom. The van der Waals surface area contributed by atoms with Gasteiger partial charge in [0.2, 0.25) is 0 Å². The van der Waals surface area contributed by atoms with E-state index in [9.17, 15) is 4.79 Å². The van der Waals surface area contributed by atoms with E-state index in [2.05, 4.69) is 20.8 Å². The molecule has 0 aromatic carbocycles. The van der Waals surface area contributed by atoms with Gasteiger partial charge in [-0.25, -0.2) is 4.79 Å². The zero-order valence-corrected chi connectivity index (χ0v) is 13.0. The van der Waals surface area contributed by atoms with Gasteiger partial charge in [-0.3, -0.25) is 0 Å². The van der Waals surface area contributed by atoms with Crippen molar-refractivity contribution in [1.29, 1.82) is 0 Å². The van der Waals surface area contributed by atoms with Crippen LogP contribution in [-0.4, -0.2) is 30.2 Å². The number of nitrogens with zero attached hydrogens (tertiary/aromatic N) is 1. The lowest BCUT2D eigenvalue weighted by Gasteiger charge is -2.23. The number of unbranched alkanes of at least 4 members (excludes halogenated alkanes) is 3. The van der Waals surface area contributed by atoms with Crippen LogP contribution in [0.5, 0.6) is 0 Å². The first-order valence-electron chi connectivity index (χ1n) is 8.12. The van der Waals surface area contributed by atoms with E-state index in [4.69, 9.17) is 4.74 Å². The summed E-state index contributed by atoms with van der Waals surface area (Å²) in [5.41, 5.74) is 0. The molecule has 2 unspecified atom stereocenters. The van der Waals surface area contributed by atoms with Crippen LogP contribution in [0, 0.1) is 5.92 Å². The summed E-state index contributed by atoms with van der Waals surface area (Å²) >= 11 is 0. The van der Waals surface area contributed by atoms with Gasteiger partial charge in [0, 0.05) is 12.6 Å². The zero-order valence-electron chi connectivity index (χ0n) is 13.0. The molecule has 0 N–H and O–H groups in total. The van der Waals surface area contributed by atoms with E-state index >= 15 is 0 Å². The third-order valence-corrected chi connectivity index (χ3v) is 4.12. The molecule has 19 heavy (non-hydrogen) atoms. The molecule has 0 aromatic heterocycles. The molecule has 1 heterocycles. The Morgan fingerprint density at radius 1 is 1.32 bits per heavy atom. The summed E-state index contributed by atoms with van der Waals surface area (Å²) in [6, 6.07) is 0.410. The summed E-state index contributed by atoms with van der Waals surface area (Å²) in [4.78, 5) is 13.9. The average Bonchev–Trinajstić information content (AvgIpc) is 2.89. The van der Waals surface area contributed by atoms with Gasteiger partial charge in [-0.1, -0.05) is 46.5 Å². The molecule has 1 rings (SSSR count). The Bertz CT molecular complexity index is 255. The van der Waals surface area contributed by atoms with Crippen LogP contribution in [0.1, 0.15) is 72.1 Å². The summed E-state index contributed by atoms with van der Waals surface area (Å²) in [5, 5.41) is 0. The molecule has 1 aliphatic heterocycles. The lowest BCUT2D eigenvalue weighted by Crippen LogP contribution is -2.36. The Morgan fingerprint density at radius 2 is 2.11 bits per heavy atom. The van der Waals surface area contributed by atoms with Crippen molar-refractivity contribution in [2.75, 3.05) is 13.2 Å². The van der Waals surface area contributed by atoms with Crippen molar-refractivity contribution in [2.45, 2.75) is 78.2 Å². The molecule has 0 bridgehead atoms. The standard InChI is InChI=1S/C16H31NO2/c1-4-6-7-8-10-14(3)13-19-16(18)17-12-9-11-15(17)5-2/h14-15H,4-13H2,1-3H3. The van der Waals surface area contributed by atoms with Crippen LogP contribution in [0.25, 0.3) is 0 Å². The molecule has 0 saturated carbocycles. The van der Waals surface area contributed by atoms with Crippen LogP contribution < -0.4 is 0 Å². The number of ether oxygens (including phenoxy) is 1. The molecule has 0 radical (unpaired) electrons. The second kappa shape index (κ2) is 9.22. The Balaban J connectivity index is 2.15. The van der Waals surface area contributed by atoms with Crippen molar-refractivity contribution in [3.8, 4) is 0 Å². The molecular weight excluding hydrogens is 238 g/mol. The molecule has 1 amide bonds. The van der Waals surface area contributed by atoms with E-state index in [1.807, 2.05) is 4.90 Å². The summed E-state index contributed by atoms with van der Waals surface area (Å²) in [6.07, 6.45) is 9.54. The van der Waals surface area contributed by atoms with Gasteiger partial charge in [0.1, 0.15) is 0 Å². The highest BCUT2D eigenvalue weighted by molar-refractivity contribution is 5.68. The van der Waals surface area contributed by atoms with E-state index in [1.165, 1.54) is 32.1 Å². The summed E-state index contributed by atoms with van der Waals surface area (Å²) in [6.45, 7) is 8.01. The highest BCUT2D eigenvalue weighted by Gasteiger charge is 2.28. The van der Waals surface area contributed by atoms with Gasteiger partial charge in [0.05, 0.1) is 6.61 Å². The van der Waals surface area contributed by atoms with Gasteiger partial charge in [-0.2, -0.15) is 0 Å². The minimum absolute atomic E-state index is 0.0928. The molecule has 1 fully saturated rings. The van der Waals surface area contributed by atoms with E-state index in [0.717, 1.165) is 25.8 Å². The fraction of sp³-hybridized carbons (Fsp3) is 0.938. The highest BCUT2D eigenvalue weighted by Crippen LogP contribution is 2.21. The topological polar surface area (TPSA) is 29.5 Å². The summed E-state index contributed by atoms with van der Waals surface area (Å²) in [5.74, 6) is 0.489. The number of carbonyl (C=O) groups is 1. The molecular formula is C16H31NO2. The Hall–Kier alpha value is -0.730. The van der Waals surface area contributed by atoms with E-state index in [-0.39, 0.29) is 6.09 Å². The van der Waals surface area contributed by atoms with Gasteiger partial charge in [0.25, 0.3) is 0 Å². The lowest BCUT2D eigenvalue weighted by atomic mass is 10.0. The van der Waals surface area contributed by atoms with Crippen molar-refractivity contribution in [2.24, 2.45) is 5.92 Å². The van der Waals surface area contributed by atoms with Gasteiger partial charge < -0.3 is 9.64 Å². The van der Waals surface area contributed by atoms with E-state index in [0.29, 0.717) is 18.6 Å². The van der Waals surface area contributed by atoms with Crippen molar-refractivity contribution in [1.82, 2.24) is 4.90 Å². The highest BCUT2D eigenvalue weighted by atomic mass is 16.6. The summed E-state index contributed by atoms with van der Waals surface area (Å²) < 4.78 is 5.46. The predicted molar refractivity (Wildman–Crippen MR) is 79.3 cm³/mol. The molecule has 3 heteroatoms. The van der Waals surface area contributed by atoms with Gasteiger partial charge in [-0.05, 0) is 31.6 Å². The van der Waals surface area contributed by atoms with E-state index < -0.39 is 0 Å². The van der Waals surface area contributed by atoms with Gasteiger partial charge in [0.15, 0.2) is 0 Å². The SMILES string of the molecule is CCCCCCC(C)COC(=O)N1CCCC1CC. The van der Waals surface area contributed by atoms with Crippen LogP contribution in [0.2, 0.25) is 0 Å². The molecule has 3 nitrogen and oxygen atoms in total. The number of hydrogen-bond donors (Lipinski definition) is 0. The maximum absolute atomic E-state index is 12.0. The predicted octanol–water partition coefficient (Wildman–Crippen LogP) is 4.60. The van der Waals surface area contributed by atoms with Crippen LogP contribution >= 0.6 is 0 Å². The minimum atomic E-state index is -0.0928. The van der Waals surface area contributed by atoms with Gasteiger partial charge >= 0.3 is 6.09 Å². The minimum Gasteiger partial charge on any atom is -0.449 e. The normalized spacial score (nSPS) is 20.6. The first-order valence-corrected chi connectivity index (χ1v) is 8.12. The Labute approximate surface area is 118 Å². The molecule has 0 aliphatic carbocycles. The zero-order chi connectivity index (χ0) is 14.1. The Kier molecular flexibility index (Phi) is 7.92. The van der Waals surface area contributed by atoms with Gasteiger partial charge in [-0.15, -0.1) is 0 Å². The van der Waals surface area contributed by atoms with Crippen LogP contribution in [0.15, 0.2) is 0 Å². The molecule has 2 atom stereocenters. The smallest absolute Gasteiger partial charge is 0.410 e. The number of hydrogen-bond acceptors (Lipinski definition) is 2. The molecule has 0 aromatic rings. The third-order valence-electron chi connectivity index (χ3n) is 4.12. The monoisotopic (exact) mass is 269 g/mol. The van der Waals surface area contributed by atoms with Crippen LogP contribution in [0.4, 0.5) is 4.79 Å². The van der Waals surface area contributed by atoms with Crippen molar-refractivity contribution < 1.29 is 9.53 Å². The van der Waals surface area contributed by atoms with E-state index in [1.54, 1.807) is 0 Å². The maximum atomic E-state index is 12.0. The molecule has 1 aliphatic rings. The number of carbonyl (C=O) groups excluding carboxylic acids is 1.